The molecule has 1 fully saturated rings. The molecule has 1 heterocycles. The predicted molar refractivity (Wildman–Crippen MR) is 86.1 cm³/mol. The van der Waals surface area contributed by atoms with Crippen molar-refractivity contribution >= 4 is 15.7 Å². The Hall–Kier alpha value is -1.11. The van der Waals surface area contributed by atoms with Gasteiger partial charge in [0, 0.05) is 45.0 Å². The standard InChI is InChI=1S/C15H25N3O2S/c1-4-13(2)17-9-11-18(12-10-17)21(19,20)15-7-5-14(16-3)6-8-15/h5-8,13,16H,4,9-12H2,1-3H3. The van der Waals surface area contributed by atoms with Crippen LogP contribution < -0.4 is 5.32 Å². The molecule has 1 aromatic rings. The highest BCUT2D eigenvalue weighted by Crippen LogP contribution is 2.20. The zero-order valence-corrected chi connectivity index (χ0v) is 13.9. The molecule has 21 heavy (non-hydrogen) atoms. The minimum absolute atomic E-state index is 0.374. The first-order chi connectivity index (χ1) is 9.98. The van der Waals surface area contributed by atoms with Gasteiger partial charge in [-0.05, 0) is 37.6 Å². The average molecular weight is 311 g/mol. The van der Waals surface area contributed by atoms with Crippen LogP contribution >= 0.6 is 0 Å². The average Bonchev–Trinajstić information content (AvgIpc) is 2.54. The van der Waals surface area contributed by atoms with E-state index >= 15 is 0 Å². The molecule has 118 valence electrons. The number of piperazine rings is 1. The van der Waals surface area contributed by atoms with E-state index in [0.717, 1.165) is 25.2 Å². The van der Waals surface area contributed by atoms with Crippen LogP contribution in [-0.2, 0) is 10.0 Å². The third kappa shape index (κ3) is 3.56. The second-order valence-electron chi connectivity index (χ2n) is 5.47. The normalized spacial score (nSPS) is 19.4. The molecule has 0 saturated carbocycles. The Morgan fingerprint density at radius 1 is 1.14 bits per heavy atom. The number of nitrogens with one attached hydrogen (secondary N) is 1. The van der Waals surface area contributed by atoms with Crippen LogP contribution in [0.1, 0.15) is 20.3 Å². The first-order valence-electron chi connectivity index (χ1n) is 7.51. The molecule has 5 nitrogen and oxygen atoms in total. The van der Waals surface area contributed by atoms with Gasteiger partial charge < -0.3 is 5.32 Å². The van der Waals surface area contributed by atoms with Crippen molar-refractivity contribution in [1.82, 2.24) is 9.21 Å². The largest absolute Gasteiger partial charge is 0.388 e. The SMILES string of the molecule is CCC(C)N1CCN(S(=O)(=O)c2ccc(NC)cc2)CC1. The molecule has 1 aliphatic rings. The summed E-state index contributed by atoms with van der Waals surface area (Å²) in [7, 11) is -1.55. The molecule has 2 rings (SSSR count). The number of hydrogen-bond donors (Lipinski definition) is 1. The minimum Gasteiger partial charge on any atom is -0.388 e. The van der Waals surface area contributed by atoms with E-state index in [1.165, 1.54) is 0 Å². The predicted octanol–water partition coefficient (Wildman–Crippen LogP) is 1.83. The van der Waals surface area contributed by atoms with E-state index < -0.39 is 10.0 Å². The molecular formula is C15H25N3O2S. The number of anilines is 1. The van der Waals surface area contributed by atoms with Gasteiger partial charge in [-0.15, -0.1) is 0 Å². The molecule has 6 heteroatoms. The highest BCUT2D eigenvalue weighted by atomic mass is 32.2. The summed E-state index contributed by atoms with van der Waals surface area (Å²) in [5.41, 5.74) is 0.913. The number of rotatable bonds is 5. The first kappa shape index (κ1) is 16.3. The Balaban J connectivity index is 2.07. The summed E-state index contributed by atoms with van der Waals surface area (Å²) in [6.45, 7) is 7.12. The van der Waals surface area contributed by atoms with Gasteiger partial charge in [0.25, 0.3) is 0 Å². The van der Waals surface area contributed by atoms with Gasteiger partial charge in [0.2, 0.25) is 10.0 Å². The number of benzene rings is 1. The Bertz CT molecular complexity index is 549. The van der Waals surface area contributed by atoms with E-state index in [1.54, 1.807) is 28.6 Å². The summed E-state index contributed by atoms with van der Waals surface area (Å²) >= 11 is 0. The lowest BCUT2D eigenvalue weighted by atomic mass is 10.2. The fourth-order valence-electron chi connectivity index (χ4n) is 2.59. The summed E-state index contributed by atoms with van der Waals surface area (Å²) in [5, 5.41) is 2.99. The van der Waals surface area contributed by atoms with Gasteiger partial charge >= 0.3 is 0 Å². The van der Waals surface area contributed by atoms with E-state index in [1.807, 2.05) is 7.05 Å². The second kappa shape index (κ2) is 6.77. The lowest BCUT2D eigenvalue weighted by Crippen LogP contribution is -2.51. The first-order valence-corrected chi connectivity index (χ1v) is 8.95. The Labute approximate surface area is 128 Å². The van der Waals surface area contributed by atoms with E-state index in [2.05, 4.69) is 24.1 Å². The molecule has 0 radical (unpaired) electrons. The Morgan fingerprint density at radius 3 is 2.19 bits per heavy atom. The topological polar surface area (TPSA) is 52.7 Å². The number of nitrogens with zero attached hydrogens (tertiary/aromatic N) is 2. The van der Waals surface area contributed by atoms with E-state index in [0.29, 0.717) is 24.0 Å². The van der Waals surface area contributed by atoms with Crippen LogP contribution in [0.25, 0.3) is 0 Å². The lowest BCUT2D eigenvalue weighted by Gasteiger charge is -2.37. The van der Waals surface area contributed by atoms with Gasteiger partial charge in [-0.2, -0.15) is 4.31 Å². The summed E-state index contributed by atoms with van der Waals surface area (Å²) < 4.78 is 26.8. The molecule has 0 amide bonds. The summed E-state index contributed by atoms with van der Waals surface area (Å²) in [5.74, 6) is 0. The van der Waals surface area contributed by atoms with Crippen molar-refractivity contribution in [2.45, 2.75) is 31.2 Å². The zero-order chi connectivity index (χ0) is 15.5. The van der Waals surface area contributed by atoms with Crippen LogP contribution in [0.2, 0.25) is 0 Å². The minimum atomic E-state index is -3.36. The molecule has 1 aromatic carbocycles. The lowest BCUT2D eigenvalue weighted by molar-refractivity contribution is 0.142. The van der Waals surface area contributed by atoms with Crippen LogP contribution in [0, 0.1) is 0 Å². The maximum Gasteiger partial charge on any atom is 0.243 e. The van der Waals surface area contributed by atoms with Crippen molar-refractivity contribution in [3.8, 4) is 0 Å². The second-order valence-corrected chi connectivity index (χ2v) is 7.41. The fraction of sp³-hybridized carbons (Fsp3) is 0.600. The fourth-order valence-corrected chi connectivity index (χ4v) is 4.01. The molecule has 1 atom stereocenters. The highest BCUT2D eigenvalue weighted by molar-refractivity contribution is 7.89. The third-order valence-corrected chi connectivity index (χ3v) is 6.18. The van der Waals surface area contributed by atoms with Crippen molar-refractivity contribution in [2.75, 3.05) is 38.5 Å². The third-order valence-electron chi connectivity index (χ3n) is 4.27. The van der Waals surface area contributed by atoms with Crippen LogP contribution in [0.5, 0.6) is 0 Å². The van der Waals surface area contributed by atoms with Crippen LogP contribution in [0.3, 0.4) is 0 Å². The van der Waals surface area contributed by atoms with Gasteiger partial charge in [0.1, 0.15) is 0 Å². The molecule has 0 aliphatic carbocycles. The summed E-state index contributed by atoms with van der Waals surface area (Å²) in [6, 6.07) is 7.44. The molecule has 0 aromatic heterocycles. The Morgan fingerprint density at radius 2 is 1.71 bits per heavy atom. The maximum absolute atomic E-state index is 12.6. The van der Waals surface area contributed by atoms with E-state index in [-0.39, 0.29) is 0 Å². The molecule has 0 spiro atoms. The molecule has 1 unspecified atom stereocenters. The Kier molecular flexibility index (Phi) is 5.24. The van der Waals surface area contributed by atoms with Gasteiger partial charge in [-0.1, -0.05) is 6.92 Å². The van der Waals surface area contributed by atoms with Crippen molar-refractivity contribution in [2.24, 2.45) is 0 Å². The van der Waals surface area contributed by atoms with Gasteiger partial charge in [-0.25, -0.2) is 8.42 Å². The van der Waals surface area contributed by atoms with Gasteiger partial charge in [0.05, 0.1) is 4.90 Å². The molecule has 0 bridgehead atoms. The molecule has 1 N–H and O–H groups in total. The van der Waals surface area contributed by atoms with Crippen LogP contribution in [0.4, 0.5) is 5.69 Å². The zero-order valence-electron chi connectivity index (χ0n) is 13.0. The van der Waals surface area contributed by atoms with Crippen molar-refractivity contribution in [1.29, 1.82) is 0 Å². The quantitative estimate of drug-likeness (QED) is 0.901. The van der Waals surface area contributed by atoms with Gasteiger partial charge in [-0.3, -0.25) is 4.90 Å². The molecule has 1 aliphatic heterocycles. The molecule has 1 saturated heterocycles. The smallest absolute Gasteiger partial charge is 0.243 e. The van der Waals surface area contributed by atoms with Crippen LogP contribution in [-0.4, -0.2) is 56.9 Å². The summed E-state index contributed by atoms with van der Waals surface area (Å²) in [6.07, 6.45) is 1.10. The van der Waals surface area contributed by atoms with Crippen molar-refractivity contribution < 1.29 is 8.42 Å². The highest BCUT2D eigenvalue weighted by Gasteiger charge is 2.29. The summed E-state index contributed by atoms with van der Waals surface area (Å²) in [4.78, 5) is 2.73. The number of sulfonamides is 1. The van der Waals surface area contributed by atoms with E-state index in [4.69, 9.17) is 0 Å². The van der Waals surface area contributed by atoms with E-state index in [9.17, 15) is 8.42 Å². The van der Waals surface area contributed by atoms with Gasteiger partial charge in [0.15, 0.2) is 0 Å². The monoisotopic (exact) mass is 311 g/mol. The maximum atomic E-state index is 12.6. The number of hydrogen-bond acceptors (Lipinski definition) is 4. The van der Waals surface area contributed by atoms with Crippen molar-refractivity contribution in [3.63, 3.8) is 0 Å². The molecular weight excluding hydrogens is 286 g/mol. The van der Waals surface area contributed by atoms with Crippen LogP contribution in [0.15, 0.2) is 29.2 Å². The van der Waals surface area contributed by atoms with Crippen molar-refractivity contribution in [3.05, 3.63) is 24.3 Å².